The van der Waals surface area contributed by atoms with Gasteiger partial charge in [0, 0.05) is 27.8 Å². The van der Waals surface area contributed by atoms with Gasteiger partial charge in [0.15, 0.2) is 11.5 Å². The molecule has 0 radical (unpaired) electrons. The first kappa shape index (κ1) is 20.3. The van der Waals surface area contributed by atoms with Gasteiger partial charge in [0.1, 0.15) is 5.82 Å². The summed E-state index contributed by atoms with van der Waals surface area (Å²) in [5.74, 6) is 0.0611. The second-order valence-corrected chi connectivity index (χ2v) is 9.98. The zero-order valence-corrected chi connectivity index (χ0v) is 18.5. The summed E-state index contributed by atoms with van der Waals surface area (Å²) < 4.78 is 26.0. The normalized spacial score (nSPS) is 13.4. The Hall–Kier alpha value is -4.36. The van der Waals surface area contributed by atoms with Crippen LogP contribution in [0.4, 0.5) is 0 Å². The molecular weight excluding hydrogens is 448 g/mol. The smallest absolute Gasteiger partial charge is 0.207 e. The third kappa shape index (κ3) is 3.02. The van der Waals surface area contributed by atoms with Crippen LogP contribution in [0.5, 0.6) is 11.5 Å². The second kappa shape index (κ2) is 7.33. The number of H-pyrrole nitrogens is 1. The van der Waals surface area contributed by atoms with Crippen molar-refractivity contribution in [3.05, 3.63) is 91.0 Å². The van der Waals surface area contributed by atoms with Gasteiger partial charge in [-0.3, -0.25) is 0 Å². The highest BCUT2D eigenvalue weighted by atomic mass is 32.2. The van der Waals surface area contributed by atoms with E-state index in [4.69, 9.17) is 4.98 Å². The molecule has 0 fully saturated rings. The van der Waals surface area contributed by atoms with E-state index in [1.54, 1.807) is 30.3 Å². The van der Waals surface area contributed by atoms with Crippen LogP contribution in [0, 0.1) is 0 Å². The van der Waals surface area contributed by atoms with Crippen molar-refractivity contribution in [2.45, 2.75) is 9.79 Å². The van der Waals surface area contributed by atoms with Crippen LogP contribution in [0.15, 0.2) is 101 Å². The van der Waals surface area contributed by atoms with E-state index in [0.717, 1.165) is 16.8 Å². The van der Waals surface area contributed by atoms with Gasteiger partial charge in [0.05, 0.1) is 21.2 Å². The third-order valence-electron chi connectivity index (χ3n) is 6.02. The Morgan fingerprint density at radius 2 is 1.35 bits per heavy atom. The molecule has 2 heterocycles. The lowest BCUT2D eigenvalue weighted by molar-refractivity contribution is 0.404. The van der Waals surface area contributed by atoms with Crippen molar-refractivity contribution < 1.29 is 18.6 Å². The lowest BCUT2D eigenvalue weighted by Crippen LogP contribution is -1.96. The molecular formula is C27H18N2O4S. The number of sulfone groups is 1. The van der Waals surface area contributed by atoms with Gasteiger partial charge in [-0.05, 0) is 36.4 Å². The summed E-state index contributed by atoms with van der Waals surface area (Å²) in [6, 6.07) is 26.5. The van der Waals surface area contributed by atoms with Crippen molar-refractivity contribution in [2.24, 2.45) is 0 Å². The minimum absolute atomic E-state index is 0.211. The van der Waals surface area contributed by atoms with Crippen LogP contribution in [-0.4, -0.2) is 28.6 Å². The summed E-state index contributed by atoms with van der Waals surface area (Å²) in [4.78, 5) is 8.76. The number of phenolic OH excluding ortho intramolecular Hbond substituents is 2. The summed E-state index contributed by atoms with van der Waals surface area (Å²) in [6.07, 6.45) is 0. The Labute approximate surface area is 195 Å². The maximum absolute atomic E-state index is 13.0. The average molecular weight is 467 g/mol. The summed E-state index contributed by atoms with van der Waals surface area (Å²) >= 11 is 0. The number of nitrogens with one attached hydrogen (secondary N) is 1. The predicted molar refractivity (Wildman–Crippen MR) is 129 cm³/mol. The largest absolute Gasteiger partial charge is 0.504 e. The van der Waals surface area contributed by atoms with E-state index in [1.807, 2.05) is 48.5 Å². The quantitative estimate of drug-likeness (QED) is 0.293. The van der Waals surface area contributed by atoms with E-state index in [0.29, 0.717) is 33.1 Å². The predicted octanol–water partition coefficient (Wildman–Crippen LogP) is 5.64. The molecule has 166 valence electrons. The molecule has 0 saturated heterocycles. The number of aromatic amines is 1. The highest BCUT2D eigenvalue weighted by Gasteiger charge is 2.33. The topological polar surface area (TPSA) is 103 Å². The molecule has 1 aliphatic heterocycles. The minimum Gasteiger partial charge on any atom is -0.504 e. The summed E-state index contributed by atoms with van der Waals surface area (Å²) in [7, 11) is -3.55. The van der Waals surface area contributed by atoms with Gasteiger partial charge < -0.3 is 15.2 Å². The Balaban J connectivity index is 1.57. The summed E-state index contributed by atoms with van der Waals surface area (Å²) in [5.41, 5.74) is 5.02. The number of fused-ring (bicyclic) bond motifs is 3. The first-order valence-corrected chi connectivity index (χ1v) is 12.1. The van der Waals surface area contributed by atoms with Gasteiger partial charge in [-0.1, -0.05) is 54.6 Å². The van der Waals surface area contributed by atoms with Gasteiger partial charge in [-0.25, -0.2) is 13.4 Å². The number of aromatic nitrogens is 2. The SMILES string of the molecule is O=S1(=O)c2ccccc2-c2cc(-c3nc(-c4ccc(O)c(O)c4)[nH]c3-c3ccccc3)ccc21. The third-order valence-corrected chi connectivity index (χ3v) is 7.89. The minimum atomic E-state index is -3.55. The molecule has 7 heteroatoms. The molecule has 0 aliphatic carbocycles. The molecule has 0 bridgehead atoms. The Bertz CT molecular complexity index is 1690. The van der Waals surface area contributed by atoms with Gasteiger partial charge in [0.2, 0.25) is 9.84 Å². The summed E-state index contributed by atoms with van der Waals surface area (Å²) in [6.45, 7) is 0. The van der Waals surface area contributed by atoms with Crippen LogP contribution in [0.3, 0.4) is 0 Å². The van der Waals surface area contributed by atoms with E-state index < -0.39 is 9.84 Å². The molecule has 34 heavy (non-hydrogen) atoms. The molecule has 0 saturated carbocycles. The van der Waals surface area contributed by atoms with Gasteiger partial charge in [-0.2, -0.15) is 0 Å². The monoisotopic (exact) mass is 466 g/mol. The van der Waals surface area contributed by atoms with Gasteiger partial charge >= 0.3 is 0 Å². The lowest BCUT2D eigenvalue weighted by atomic mass is 9.99. The molecule has 1 aliphatic rings. The zero-order valence-electron chi connectivity index (χ0n) is 17.7. The number of hydrogen-bond donors (Lipinski definition) is 3. The van der Waals surface area contributed by atoms with Crippen LogP contribution in [0.25, 0.3) is 45.0 Å². The van der Waals surface area contributed by atoms with E-state index >= 15 is 0 Å². The molecule has 6 nitrogen and oxygen atoms in total. The van der Waals surface area contributed by atoms with E-state index in [1.165, 1.54) is 12.1 Å². The first-order chi connectivity index (χ1) is 16.4. The molecule has 1 aromatic heterocycles. The van der Waals surface area contributed by atoms with Crippen molar-refractivity contribution >= 4 is 9.84 Å². The fourth-order valence-electron chi connectivity index (χ4n) is 4.37. The fraction of sp³-hybridized carbons (Fsp3) is 0. The van der Waals surface area contributed by atoms with Crippen molar-refractivity contribution in [3.8, 4) is 56.5 Å². The van der Waals surface area contributed by atoms with E-state index in [-0.39, 0.29) is 16.4 Å². The van der Waals surface area contributed by atoms with E-state index in [9.17, 15) is 18.6 Å². The molecule has 5 aromatic rings. The average Bonchev–Trinajstić information content (AvgIpc) is 3.40. The zero-order chi connectivity index (χ0) is 23.4. The van der Waals surface area contributed by atoms with Crippen LogP contribution >= 0.6 is 0 Å². The molecule has 0 spiro atoms. The number of nitrogens with zero attached hydrogens (tertiary/aromatic N) is 1. The Morgan fingerprint density at radius 3 is 2.15 bits per heavy atom. The number of rotatable bonds is 3. The number of hydrogen-bond acceptors (Lipinski definition) is 5. The maximum Gasteiger partial charge on any atom is 0.207 e. The van der Waals surface area contributed by atoms with Crippen molar-refractivity contribution in [1.29, 1.82) is 0 Å². The number of phenols is 2. The van der Waals surface area contributed by atoms with E-state index in [2.05, 4.69) is 4.98 Å². The molecule has 0 amide bonds. The lowest BCUT2D eigenvalue weighted by Gasteiger charge is -2.06. The van der Waals surface area contributed by atoms with Crippen LogP contribution in [0.1, 0.15) is 0 Å². The second-order valence-electron chi connectivity index (χ2n) is 8.09. The number of imidazole rings is 1. The standard InChI is InChI=1S/C27H18N2O4S/c30-21-12-10-18(15-22(21)31)27-28-25(16-6-2-1-3-7-16)26(29-27)17-11-13-24-20(14-17)19-8-4-5-9-23(19)34(24,32)33/h1-15,30-31H,(H,28,29). The number of benzene rings is 4. The molecule has 4 aromatic carbocycles. The Kier molecular flexibility index (Phi) is 4.37. The number of aromatic hydroxyl groups is 2. The molecule has 3 N–H and O–H groups in total. The van der Waals surface area contributed by atoms with Crippen molar-refractivity contribution in [3.63, 3.8) is 0 Å². The van der Waals surface area contributed by atoms with Crippen LogP contribution < -0.4 is 0 Å². The first-order valence-electron chi connectivity index (χ1n) is 10.6. The van der Waals surface area contributed by atoms with Crippen LogP contribution in [0.2, 0.25) is 0 Å². The van der Waals surface area contributed by atoms with Crippen molar-refractivity contribution in [1.82, 2.24) is 9.97 Å². The fourth-order valence-corrected chi connectivity index (χ4v) is 6.04. The highest BCUT2D eigenvalue weighted by Crippen LogP contribution is 2.45. The molecule has 6 rings (SSSR count). The maximum atomic E-state index is 13.0. The highest BCUT2D eigenvalue weighted by molar-refractivity contribution is 7.92. The van der Waals surface area contributed by atoms with Crippen molar-refractivity contribution in [2.75, 3.05) is 0 Å². The van der Waals surface area contributed by atoms with Crippen LogP contribution in [-0.2, 0) is 9.84 Å². The summed E-state index contributed by atoms with van der Waals surface area (Å²) in [5, 5.41) is 19.7. The van der Waals surface area contributed by atoms with Gasteiger partial charge in [0.25, 0.3) is 0 Å². The molecule has 0 unspecified atom stereocenters. The Morgan fingerprint density at radius 1 is 0.647 bits per heavy atom. The van der Waals surface area contributed by atoms with Gasteiger partial charge in [-0.15, -0.1) is 0 Å². The molecule has 0 atom stereocenters.